The van der Waals surface area contributed by atoms with Crippen LogP contribution >= 0.6 is 34.5 Å². The summed E-state index contributed by atoms with van der Waals surface area (Å²) in [7, 11) is 0. The number of thiazole rings is 1. The first-order valence-corrected chi connectivity index (χ1v) is 9.96. The molecule has 4 aromatic rings. The quantitative estimate of drug-likeness (QED) is 0.409. The van der Waals surface area contributed by atoms with Gasteiger partial charge in [0.15, 0.2) is 0 Å². The Morgan fingerprint density at radius 3 is 2.61 bits per heavy atom. The minimum Gasteiger partial charge on any atom is -0.322 e. The van der Waals surface area contributed by atoms with Crippen molar-refractivity contribution in [2.24, 2.45) is 0 Å². The van der Waals surface area contributed by atoms with Gasteiger partial charge in [0, 0.05) is 40.2 Å². The molecule has 0 aliphatic rings. The van der Waals surface area contributed by atoms with E-state index in [1.54, 1.807) is 41.9 Å². The van der Waals surface area contributed by atoms with Crippen molar-refractivity contribution < 1.29 is 4.79 Å². The monoisotopic (exact) mass is 425 g/mol. The highest BCUT2D eigenvalue weighted by molar-refractivity contribution is 7.13. The number of nitrogens with one attached hydrogen (secondary N) is 1. The summed E-state index contributed by atoms with van der Waals surface area (Å²) in [6, 6.07) is 16.2. The standard InChI is InChI=1S/C21H13Cl2N3OS/c22-17-7-6-14(10-18(17)23)20(27)25-16-5-1-3-13(9-16)19-12-28-21(26-19)15-4-2-8-24-11-15/h1-12H,(H,25,27). The first-order valence-electron chi connectivity index (χ1n) is 8.33. The lowest BCUT2D eigenvalue weighted by molar-refractivity contribution is 0.102. The number of rotatable bonds is 4. The summed E-state index contributed by atoms with van der Waals surface area (Å²) in [5, 5.41) is 6.51. The van der Waals surface area contributed by atoms with Crippen molar-refractivity contribution >= 4 is 46.1 Å². The number of amides is 1. The van der Waals surface area contributed by atoms with Gasteiger partial charge >= 0.3 is 0 Å². The second kappa shape index (κ2) is 8.10. The molecule has 0 aliphatic heterocycles. The summed E-state index contributed by atoms with van der Waals surface area (Å²) in [4.78, 5) is 21.3. The molecule has 0 radical (unpaired) electrons. The highest BCUT2D eigenvalue weighted by Gasteiger charge is 2.11. The Bertz CT molecular complexity index is 1150. The minimum atomic E-state index is -0.259. The van der Waals surface area contributed by atoms with Crippen LogP contribution in [0.2, 0.25) is 10.0 Å². The van der Waals surface area contributed by atoms with Crippen LogP contribution in [0.3, 0.4) is 0 Å². The molecule has 2 aromatic heterocycles. The number of carbonyl (C=O) groups is 1. The van der Waals surface area contributed by atoms with E-state index < -0.39 is 0 Å². The van der Waals surface area contributed by atoms with Gasteiger partial charge in [0.25, 0.3) is 5.91 Å². The third-order valence-electron chi connectivity index (χ3n) is 4.01. The Balaban J connectivity index is 1.56. The molecule has 4 rings (SSSR count). The predicted molar refractivity (Wildman–Crippen MR) is 115 cm³/mol. The Labute approximate surface area is 175 Å². The van der Waals surface area contributed by atoms with E-state index in [9.17, 15) is 4.79 Å². The molecule has 0 fully saturated rings. The molecule has 7 heteroatoms. The molecule has 0 saturated carbocycles. The highest BCUT2D eigenvalue weighted by Crippen LogP contribution is 2.30. The van der Waals surface area contributed by atoms with Gasteiger partial charge in [-0.2, -0.15) is 0 Å². The highest BCUT2D eigenvalue weighted by atomic mass is 35.5. The minimum absolute atomic E-state index is 0.259. The molecule has 0 atom stereocenters. The number of pyridine rings is 1. The normalized spacial score (nSPS) is 10.6. The van der Waals surface area contributed by atoms with Crippen LogP contribution in [0.1, 0.15) is 10.4 Å². The zero-order chi connectivity index (χ0) is 19.5. The molecule has 138 valence electrons. The molecule has 28 heavy (non-hydrogen) atoms. The number of hydrogen-bond donors (Lipinski definition) is 1. The summed E-state index contributed by atoms with van der Waals surface area (Å²) < 4.78 is 0. The zero-order valence-electron chi connectivity index (χ0n) is 14.4. The molecular weight excluding hydrogens is 413 g/mol. The van der Waals surface area contributed by atoms with E-state index >= 15 is 0 Å². The van der Waals surface area contributed by atoms with Gasteiger partial charge < -0.3 is 5.32 Å². The van der Waals surface area contributed by atoms with Gasteiger partial charge in [-0.1, -0.05) is 35.3 Å². The summed E-state index contributed by atoms with van der Waals surface area (Å²) in [5.74, 6) is -0.259. The van der Waals surface area contributed by atoms with Crippen LogP contribution in [0.5, 0.6) is 0 Å². The fourth-order valence-corrected chi connectivity index (χ4v) is 3.74. The molecule has 0 spiro atoms. The fourth-order valence-electron chi connectivity index (χ4n) is 2.63. The van der Waals surface area contributed by atoms with Crippen LogP contribution in [0.15, 0.2) is 72.4 Å². The summed E-state index contributed by atoms with van der Waals surface area (Å²) in [6.45, 7) is 0. The molecule has 1 N–H and O–H groups in total. The Kier molecular flexibility index (Phi) is 5.39. The van der Waals surface area contributed by atoms with E-state index in [0.717, 1.165) is 21.8 Å². The average molecular weight is 426 g/mol. The van der Waals surface area contributed by atoms with E-state index in [1.807, 2.05) is 41.8 Å². The molecule has 0 unspecified atom stereocenters. The summed E-state index contributed by atoms with van der Waals surface area (Å²) in [5.41, 5.74) is 3.84. The maximum absolute atomic E-state index is 12.5. The van der Waals surface area contributed by atoms with Gasteiger partial charge in [0.1, 0.15) is 5.01 Å². The van der Waals surface area contributed by atoms with Crippen LogP contribution in [0, 0.1) is 0 Å². The number of anilines is 1. The van der Waals surface area contributed by atoms with Crippen LogP contribution in [0.25, 0.3) is 21.8 Å². The Hall–Kier alpha value is -2.73. The SMILES string of the molecule is O=C(Nc1cccc(-c2csc(-c3cccnc3)n2)c1)c1ccc(Cl)c(Cl)c1. The lowest BCUT2D eigenvalue weighted by Gasteiger charge is -2.07. The molecule has 4 nitrogen and oxygen atoms in total. The van der Waals surface area contributed by atoms with E-state index in [4.69, 9.17) is 23.2 Å². The number of hydrogen-bond acceptors (Lipinski definition) is 4. The lowest BCUT2D eigenvalue weighted by atomic mass is 10.1. The maximum atomic E-state index is 12.5. The maximum Gasteiger partial charge on any atom is 0.255 e. The summed E-state index contributed by atoms with van der Waals surface area (Å²) >= 11 is 13.5. The van der Waals surface area contributed by atoms with Gasteiger partial charge in [0.2, 0.25) is 0 Å². The van der Waals surface area contributed by atoms with E-state index in [0.29, 0.717) is 21.3 Å². The Morgan fingerprint density at radius 1 is 0.964 bits per heavy atom. The van der Waals surface area contributed by atoms with Crippen molar-refractivity contribution in [2.75, 3.05) is 5.32 Å². The van der Waals surface area contributed by atoms with Crippen molar-refractivity contribution in [1.82, 2.24) is 9.97 Å². The van der Waals surface area contributed by atoms with Crippen LogP contribution in [0.4, 0.5) is 5.69 Å². The van der Waals surface area contributed by atoms with Crippen LogP contribution in [-0.4, -0.2) is 15.9 Å². The summed E-state index contributed by atoms with van der Waals surface area (Å²) in [6.07, 6.45) is 3.52. The van der Waals surface area contributed by atoms with Crippen molar-refractivity contribution in [3.63, 3.8) is 0 Å². The van der Waals surface area contributed by atoms with E-state index in [1.165, 1.54) is 0 Å². The smallest absolute Gasteiger partial charge is 0.255 e. The molecule has 0 aliphatic carbocycles. The van der Waals surface area contributed by atoms with Gasteiger partial charge in [-0.05, 0) is 42.5 Å². The van der Waals surface area contributed by atoms with Crippen molar-refractivity contribution in [2.45, 2.75) is 0 Å². The Morgan fingerprint density at radius 2 is 1.82 bits per heavy atom. The molecular formula is C21H13Cl2N3OS. The number of aromatic nitrogens is 2. The molecule has 1 amide bonds. The fraction of sp³-hybridized carbons (Fsp3) is 0. The number of benzene rings is 2. The number of halogens is 2. The van der Waals surface area contributed by atoms with Gasteiger partial charge in [-0.15, -0.1) is 11.3 Å². The molecule has 2 aromatic carbocycles. The van der Waals surface area contributed by atoms with E-state index in [2.05, 4.69) is 15.3 Å². The second-order valence-electron chi connectivity index (χ2n) is 5.94. The van der Waals surface area contributed by atoms with Crippen molar-refractivity contribution in [3.05, 3.63) is 88.0 Å². The zero-order valence-corrected chi connectivity index (χ0v) is 16.7. The van der Waals surface area contributed by atoms with Crippen molar-refractivity contribution in [3.8, 4) is 21.8 Å². The topological polar surface area (TPSA) is 54.9 Å². The van der Waals surface area contributed by atoms with Gasteiger partial charge in [-0.25, -0.2) is 4.98 Å². The van der Waals surface area contributed by atoms with Crippen LogP contribution in [-0.2, 0) is 0 Å². The molecule has 2 heterocycles. The first-order chi connectivity index (χ1) is 13.6. The third kappa shape index (κ3) is 4.07. The molecule has 0 bridgehead atoms. The van der Waals surface area contributed by atoms with Gasteiger partial charge in [-0.3, -0.25) is 9.78 Å². The van der Waals surface area contributed by atoms with Crippen LogP contribution < -0.4 is 5.32 Å². The van der Waals surface area contributed by atoms with Crippen molar-refractivity contribution in [1.29, 1.82) is 0 Å². The molecule has 0 saturated heterocycles. The second-order valence-corrected chi connectivity index (χ2v) is 7.62. The number of carbonyl (C=O) groups excluding carboxylic acids is 1. The van der Waals surface area contributed by atoms with Gasteiger partial charge in [0.05, 0.1) is 15.7 Å². The largest absolute Gasteiger partial charge is 0.322 e. The van der Waals surface area contributed by atoms with E-state index in [-0.39, 0.29) is 5.91 Å². The third-order valence-corrected chi connectivity index (χ3v) is 5.64. The lowest BCUT2D eigenvalue weighted by Crippen LogP contribution is -2.11. The number of nitrogens with zero attached hydrogens (tertiary/aromatic N) is 2. The predicted octanol–water partition coefficient (Wildman–Crippen LogP) is 6.43. The first kappa shape index (κ1) is 18.6. The average Bonchev–Trinajstić information content (AvgIpc) is 3.21.